The molecule has 2 N–H and O–H groups in total. The van der Waals surface area contributed by atoms with Gasteiger partial charge in [-0.3, -0.25) is 4.79 Å². The van der Waals surface area contributed by atoms with Crippen molar-refractivity contribution in [3.05, 3.63) is 70.8 Å². The highest BCUT2D eigenvalue weighted by molar-refractivity contribution is 7.17. The number of aryl methyl sites for hydroxylation is 1. The van der Waals surface area contributed by atoms with Crippen LogP contribution in [0, 0.1) is 24.6 Å². The summed E-state index contributed by atoms with van der Waals surface area (Å²) in [6.45, 7) is 6.91. The maximum atomic E-state index is 13.4. The molecule has 190 valence electrons. The van der Waals surface area contributed by atoms with Gasteiger partial charge in [-0.2, -0.15) is 0 Å². The van der Waals surface area contributed by atoms with Crippen LogP contribution >= 0.6 is 11.3 Å². The molecule has 6 rings (SSSR count). The van der Waals surface area contributed by atoms with Crippen LogP contribution in [-0.4, -0.2) is 45.0 Å². The minimum atomic E-state index is -0.602. The zero-order chi connectivity index (χ0) is 25.9. The van der Waals surface area contributed by atoms with Gasteiger partial charge in [-0.15, -0.1) is 11.3 Å². The predicted octanol–water partition coefficient (Wildman–Crippen LogP) is 4.65. The molecule has 2 fully saturated rings. The molecule has 1 aliphatic carbocycles. The summed E-state index contributed by atoms with van der Waals surface area (Å²) in [4.78, 5) is 29.0. The van der Waals surface area contributed by atoms with Crippen molar-refractivity contribution in [2.45, 2.75) is 32.4 Å². The molecule has 0 unspecified atom stereocenters. The fourth-order valence-electron chi connectivity index (χ4n) is 4.82. The predicted molar refractivity (Wildman–Crippen MR) is 136 cm³/mol. The van der Waals surface area contributed by atoms with E-state index in [1.807, 2.05) is 37.8 Å². The van der Waals surface area contributed by atoms with Crippen molar-refractivity contribution in [3.8, 4) is 28.0 Å². The van der Waals surface area contributed by atoms with E-state index in [1.54, 1.807) is 18.3 Å². The second-order valence-electron chi connectivity index (χ2n) is 10.2. The number of oxazole rings is 1. The molecular formula is C27H26FN5O3S. The van der Waals surface area contributed by atoms with Gasteiger partial charge in [-0.1, -0.05) is 0 Å². The van der Waals surface area contributed by atoms with Crippen molar-refractivity contribution in [2.24, 2.45) is 17.6 Å². The van der Waals surface area contributed by atoms with Gasteiger partial charge in [-0.25, -0.2) is 19.3 Å². The Morgan fingerprint density at radius 3 is 2.57 bits per heavy atom. The number of fused-ring (bicyclic) bond motifs is 1. The lowest BCUT2D eigenvalue weighted by Crippen LogP contribution is -2.33. The van der Waals surface area contributed by atoms with Crippen molar-refractivity contribution in [1.82, 2.24) is 19.9 Å². The Bertz CT molecular complexity index is 1450. The summed E-state index contributed by atoms with van der Waals surface area (Å²) in [6, 6.07) is 9.99. The number of nitrogens with zero attached hydrogens (tertiary/aromatic N) is 4. The number of nitrogens with two attached hydrogens (primary N) is 1. The van der Waals surface area contributed by atoms with E-state index in [4.69, 9.17) is 19.9 Å². The second kappa shape index (κ2) is 8.74. The van der Waals surface area contributed by atoms with E-state index >= 15 is 0 Å². The third kappa shape index (κ3) is 4.51. The number of ether oxygens (including phenoxy) is 1. The van der Waals surface area contributed by atoms with Gasteiger partial charge in [-0.05, 0) is 56.7 Å². The van der Waals surface area contributed by atoms with Crippen LogP contribution in [0.5, 0.6) is 5.88 Å². The van der Waals surface area contributed by atoms with Crippen LogP contribution in [-0.2, 0) is 5.54 Å². The van der Waals surface area contributed by atoms with E-state index in [9.17, 15) is 9.18 Å². The molecule has 8 nitrogen and oxygen atoms in total. The highest BCUT2D eigenvalue weighted by Crippen LogP contribution is 2.48. The largest absolute Gasteiger partial charge is 0.474 e. The van der Waals surface area contributed by atoms with E-state index < -0.39 is 5.54 Å². The molecule has 37 heavy (non-hydrogen) atoms. The molecule has 1 aromatic carbocycles. The lowest BCUT2D eigenvalue weighted by Gasteiger charge is -2.22. The van der Waals surface area contributed by atoms with Gasteiger partial charge in [0, 0.05) is 42.1 Å². The number of aromatic nitrogens is 3. The quantitative estimate of drug-likeness (QED) is 0.395. The molecule has 1 amide bonds. The molecule has 3 atom stereocenters. The lowest BCUT2D eigenvalue weighted by atomic mass is 9.95. The fraction of sp³-hybridized carbons (Fsp3) is 0.333. The van der Waals surface area contributed by atoms with E-state index in [0.29, 0.717) is 46.1 Å². The van der Waals surface area contributed by atoms with Crippen molar-refractivity contribution < 1.29 is 18.3 Å². The Hall–Kier alpha value is -3.63. The zero-order valence-corrected chi connectivity index (χ0v) is 21.5. The number of hydrogen-bond donors (Lipinski definition) is 1. The lowest BCUT2D eigenvalue weighted by molar-refractivity contribution is 0.0755. The molecule has 10 heteroatoms. The molecule has 1 saturated heterocycles. The van der Waals surface area contributed by atoms with Gasteiger partial charge < -0.3 is 19.8 Å². The van der Waals surface area contributed by atoms with Crippen molar-refractivity contribution >= 4 is 17.2 Å². The number of carbonyl (C=O) groups is 1. The summed E-state index contributed by atoms with van der Waals surface area (Å²) in [5, 5.41) is 0.599. The van der Waals surface area contributed by atoms with Crippen LogP contribution in [0.4, 0.5) is 4.39 Å². The number of benzene rings is 1. The van der Waals surface area contributed by atoms with Crippen molar-refractivity contribution in [1.29, 1.82) is 0 Å². The van der Waals surface area contributed by atoms with Crippen molar-refractivity contribution in [2.75, 3.05) is 13.1 Å². The Morgan fingerprint density at radius 1 is 1.19 bits per heavy atom. The third-order valence-electron chi connectivity index (χ3n) is 6.95. The van der Waals surface area contributed by atoms with Crippen LogP contribution in [0.2, 0.25) is 0 Å². The first kappa shape index (κ1) is 23.7. The smallest absolute Gasteiger partial charge is 0.265 e. The average molecular weight is 520 g/mol. The number of halogens is 1. The Labute approximate surface area is 217 Å². The van der Waals surface area contributed by atoms with Gasteiger partial charge in [0.05, 0.1) is 17.6 Å². The summed E-state index contributed by atoms with van der Waals surface area (Å²) >= 11 is 1.30. The zero-order valence-electron chi connectivity index (χ0n) is 20.6. The topological polar surface area (TPSA) is 107 Å². The summed E-state index contributed by atoms with van der Waals surface area (Å²) < 4.78 is 25.1. The number of rotatable bonds is 6. The number of thiazole rings is 1. The van der Waals surface area contributed by atoms with Crippen LogP contribution in [0.3, 0.4) is 0 Å². The summed E-state index contributed by atoms with van der Waals surface area (Å²) in [7, 11) is 0. The van der Waals surface area contributed by atoms with Crippen molar-refractivity contribution in [3.63, 3.8) is 0 Å². The molecule has 1 saturated carbocycles. The molecule has 1 aliphatic heterocycles. The molecule has 2 aliphatic rings. The summed E-state index contributed by atoms with van der Waals surface area (Å²) in [5.74, 6) is 1.06. The molecular weight excluding hydrogens is 493 g/mol. The van der Waals surface area contributed by atoms with Gasteiger partial charge in [0.15, 0.2) is 5.01 Å². The molecule has 0 spiro atoms. The van der Waals surface area contributed by atoms with Gasteiger partial charge in [0.25, 0.3) is 11.8 Å². The summed E-state index contributed by atoms with van der Waals surface area (Å²) in [5.41, 5.74) is 8.80. The Morgan fingerprint density at radius 2 is 1.92 bits per heavy atom. The first-order valence-electron chi connectivity index (χ1n) is 12.1. The normalized spacial score (nSPS) is 20.7. The van der Waals surface area contributed by atoms with E-state index in [-0.39, 0.29) is 29.7 Å². The standard InChI is InChI=1S/C27H26FN5O3S/c1-14-23(37-25(31-14)24-30-8-9-35-24)26(34)33-12-18-19(13-33)22(18)36-21-11-16(27(2,3)29)10-20(32-21)15-4-6-17(28)7-5-15/h4-11,18-19,22H,12-13,29H2,1-3H3/t18-,19+,22-. The van der Waals surface area contributed by atoms with E-state index in [1.165, 1.54) is 29.7 Å². The molecule has 0 radical (unpaired) electrons. The summed E-state index contributed by atoms with van der Waals surface area (Å²) in [6.07, 6.45) is 3.03. The van der Waals surface area contributed by atoms with Gasteiger partial charge in [0.2, 0.25) is 5.88 Å². The van der Waals surface area contributed by atoms with E-state index in [0.717, 1.165) is 11.1 Å². The Balaban J connectivity index is 1.16. The number of carbonyl (C=O) groups excluding carboxylic acids is 1. The first-order chi connectivity index (χ1) is 17.7. The average Bonchev–Trinajstić information content (AvgIpc) is 3.36. The van der Waals surface area contributed by atoms with E-state index in [2.05, 4.69) is 9.97 Å². The number of likely N-dealkylation sites (tertiary alicyclic amines) is 1. The highest BCUT2D eigenvalue weighted by atomic mass is 32.1. The van der Waals surface area contributed by atoms with Crippen LogP contribution in [0.1, 0.15) is 34.8 Å². The fourth-order valence-corrected chi connectivity index (χ4v) is 5.79. The highest BCUT2D eigenvalue weighted by Gasteiger charge is 2.59. The number of amides is 1. The second-order valence-corrected chi connectivity index (χ2v) is 11.2. The number of pyridine rings is 1. The third-order valence-corrected chi connectivity index (χ3v) is 8.08. The number of hydrogen-bond acceptors (Lipinski definition) is 8. The van der Waals surface area contributed by atoms with Crippen LogP contribution < -0.4 is 10.5 Å². The minimum Gasteiger partial charge on any atom is -0.474 e. The maximum Gasteiger partial charge on any atom is 0.265 e. The van der Waals surface area contributed by atoms with Crippen LogP contribution in [0.15, 0.2) is 53.3 Å². The van der Waals surface area contributed by atoms with Gasteiger partial charge in [0.1, 0.15) is 23.1 Å². The minimum absolute atomic E-state index is 0.0146. The molecule has 4 heterocycles. The van der Waals surface area contributed by atoms with Gasteiger partial charge >= 0.3 is 0 Å². The molecule has 4 aromatic rings. The molecule has 3 aromatic heterocycles. The maximum absolute atomic E-state index is 13.4. The SMILES string of the molecule is Cc1nc(-c2ncco2)sc1C(=O)N1C[C@@H]2[C@H](C1)[C@@H]2Oc1cc(C(C)(C)N)cc(-c2ccc(F)cc2)n1. The Kier molecular flexibility index (Phi) is 5.61. The first-order valence-corrected chi connectivity index (χ1v) is 12.9. The number of piperidine rings is 1. The monoisotopic (exact) mass is 519 g/mol. The molecule has 0 bridgehead atoms. The van der Waals surface area contributed by atoms with Crippen LogP contribution in [0.25, 0.3) is 22.2 Å².